The van der Waals surface area contributed by atoms with Crippen LogP contribution < -0.4 is 5.73 Å². The van der Waals surface area contributed by atoms with Gasteiger partial charge in [0.1, 0.15) is 5.75 Å². The summed E-state index contributed by atoms with van der Waals surface area (Å²) in [6.45, 7) is 2.10. The van der Waals surface area contributed by atoms with E-state index in [1.807, 2.05) is 0 Å². The highest BCUT2D eigenvalue weighted by Gasteiger charge is 2.12. The number of carbonyl (C=O) groups is 3. The van der Waals surface area contributed by atoms with Crippen LogP contribution >= 0.6 is 0 Å². The monoisotopic (exact) mass is 299 g/mol. The molecule has 1 atom stereocenters. The van der Waals surface area contributed by atoms with Crippen LogP contribution in [0.1, 0.15) is 24.9 Å². The molecule has 0 aliphatic carbocycles. The maximum Gasteiger partial charge on any atom is 0.414 e. The van der Waals surface area contributed by atoms with Gasteiger partial charge in [-0.1, -0.05) is 12.1 Å². The van der Waals surface area contributed by atoms with Gasteiger partial charge in [-0.15, -0.1) is 0 Å². The lowest BCUT2D eigenvalue weighted by Gasteiger charge is -2.11. The highest BCUT2D eigenvalue weighted by atomic mass is 16.5. The molecule has 21 heavy (non-hydrogen) atoms. The van der Waals surface area contributed by atoms with Gasteiger partial charge in [0.15, 0.2) is 0 Å². The molecule has 1 aromatic rings. The highest BCUT2D eigenvalue weighted by molar-refractivity contribution is 6.27. The quantitative estimate of drug-likeness (QED) is 0.464. The third-order valence-electron chi connectivity index (χ3n) is 2.17. The topological polar surface area (TPSA) is 147 Å². The van der Waals surface area contributed by atoms with Crippen molar-refractivity contribution in [3.05, 3.63) is 29.8 Å². The summed E-state index contributed by atoms with van der Waals surface area (Å²) in [4.78, 5) is 29.3. The van der Waals surface area contributed by atoms with E-state index in [1.165, 1.54) is 0 Å². The maximum absolute atomic E-state index is 11.1. The molecule has 0 fully saturated rings. The number of phenolic OH excluding ortho intramolecular Hbond substituents is 1. The molecule has 1 unspecified atom stereocenters. The number of esters is 1. The van der Waals surface area contributed by atoms with Crippen LogP contribution in [0.4, 0.5) is 0 Å². The Morgan fingerprint density at radius 1 is 1.24 bits per heavy atom. The fourth-order valence-electron chi connectivity index (χ4n) is 1.27. The minimum atomic E-state index is -1.82. The summed E-state index contributed by atoms with van der Waals surface area (Å²) >= 11 is 0. The molecule has 8 nitrogen and oxygen atoms in total. The van der Waals surface area contributed by atoms with Gasteiger partial charge in [-0.2, -0.15) is 0 Å². The van der Waals surface area contributed by atoms with Gasteiger partial charge in [0.05, 0.1) is 13.0 Å². The number of carboxylic acids is 2. The van der Waals surface area contributed by atoms with E-state index < -0.39 is 18.0 Å². The number of ether oxygens (including phenoxy) is 1. The molecule has 0 saturated heterocycles. The second-order valence-corrected chi connectivity index (χ2v) is 3.82. The Kier molecular flexibility index (Phi) is 8.16. The average Bonchev–Trinajstić information content (AvgIpc) is 2.39. The van der Waals surface area contributed by atoms with Crippen molar-refractivity contribution < 1.29 is 34.4 Å². The number of carbonyl (C=O) groups excluding carboxylic acids is 1. The lowest BCUT2D eigenvalue weighted by atomic mass is 10.0. The van der Waals surface area contributed by atoms with Crippen molar-refractivity contribution in [3.8, 4) is 5.75 Å². The smallest absolute Gasteiger partial charge is 0.414 e. The first kappa shape index (κ1) is 18.4. The van der Waals surface area contributed by atoms with Crippen LogP contribution in [0.2, 0.25) is 0 Å². The molecule has 1 aromatic carbocycles. The molecule has 8 heteroatoms. The van der Waals surface area contributed by atoms with E-state index in [1.54, 1.807) is 31.2 Å². The highest BCUT2D eigenvalue weighted by Crippen LogP contribution is 2.19. The van der Waals surface area contributed by atoms with Crippen LogP contribution in [0.25, 0.3) is 0 Å². The summed E-state index contributed by atoms with van der Waals surface area (Å²) in [7, 11) is 0. The molecular weight excluding hydrogens is 282 g/mol. The van der Waals surface area contributed by atoms with Crippen molar-refractivity contribution in [3.63, 3.8) is 0 Å². The summed E-state index contributed by atoms with van der Waals surface area (Å²) in [5.74, 6) is -3.83. The standard InChI is InChI=1S/C11H15NO3.C2H2O4/c1-2-15-11(14)7-10(12)8-4-3-5-9(13)6-8;3-1(4)2(5)6/h3-6,10,13H,2,7,12H2,1H3;(H,3,4)(H,5,6). The summed E-state index contributed by atoms with van der Waals surface area (Å²) in [5.41, 5.74) is 6.51. The van der Waals surface area contributed by atoms with E-state index in [-0.39, 0.29) is 18.1 Å². The first-order valence-corrected chi connectivity index (χ1v) is 5.94. The van der Waals surface area contributed by atoms with E-state index in [0.717, 1.165) is 5.56 Å². The minimum Gasteiger partial charge on any atom is -0.508 e. The predicted octanol–water partition coefficient (Wildman–Crippen LogP) is 0.501. The average molecular weight is 299 g/mol. The number of hydrogen-bond acceptors (Lipinski definition) is 6. The minimum absolute atomic E-state index is 0.122. The van der Waals surface area contributed by atoms with E-state index in [0.29, 0.717) is 6.61 Å². The molecule has 5 N–H and O–H groups in total. The van der Waals surface area contributed by atoms with Crippen molar-refractivity contribution in [1.29, 1.82) is 0 Å². The molecule has 0 aliphatic heterocycles. The Morgan fingerprint density at radius 3 is 2.24 bits per heavy atom. The predicted molar refractivity (Wildman–Crippen MR) is 71.6 cm³/mol. The van der Waals surface area contributed by atoms with Gasteiger partial charge in [0.25, 0.3) is 0 Å². The van der Waals surface area contributed by atoms with Crippen molar-refractivity contribution >= 4 is 17.9 Å². The van der Waals surface area contributed by atoms with Crippen LogP contribution in [0.5, 0.6) is 5.75 Å². The van der Waals surface area contributed by atoms with E-state index in [4.69, 9.17) is 30.3 Å². The van der Waals surface area contributed by atoms with E-state index >= 15 is 0 Å². The molecule has 0 spiro atoms. The normalized spacial score (nSPS) is 10.8. The second kappa shape index (κ2) is 9.32. The van der Waals surface area contributed by atoms with Gasteiger partial charge >= 0.3 is 17.9 Å². The third kappa shape index (κ3) is 8.22. The van der Waals surface area contributed by atoms with Gasteiger partial charge < -0.3 is 25.8 Å². The Labute approximate surface area is 120 Å². The number of rotatable bonds is 4. The number of benzene rings is 1. The fourth-order valence-corrected chi connectivity index (χ4v) is 1.27. The molecule has 0 amide bonds. The van der Waals surface area contributed by atoms with Crippen LogP contribution in [0, 0.1) is 0 Å². The van der Waals surface area contributed by atoms with Crippen LogP contribution in [0.3, 0.4) is 0 Å². The van der Waals surface area contributed by atoms with Gasteiger partial charge in [0.2, 0.25) is 0 Å². The molecule has 0 saturated carbocycles. The Morgan fingerprint density at radius 2 is 1.81 bits per heavy atom. The molecule has 0 heterocycles. The first-order valence-electron chi connectivity index (χ1n) is 5.94. The Bertz CT molecular complexity index is 489. The number of hydrogen-bond donors (Lipinski definition) is 4. The first-order chi connectivity index (χ1) is 9.77. The van der Waals surface area contributed by atoms with Crippen LogP contribution in [0.15, 0.2) is 24.3 Å². The largest absolute Gasteiger partial charge is 0.508 e. The zero-order valence-electron chi connectivity index (χ0n) is 11.4. The molecule has 0 aromatic heterocycles. The van der Waals surface area contributed by atoms with Crippen LogP contribution in [-0.2, 0) is 19.1 Å². The van der Waals surface area contributed by atoms with Crippen molar-refractivity contribution in [2.75, 3.05) is 6.61 Å². The van der Waals surface area contributed by atoms with E-state index in [9.17, 15) is 9.90 Å². The fraction of sp³-hybridized carbons (Fsp3) is 0.308. The zero-order chi connectivity index (χ0) is 16.4. The summed E-state index contributed by atoms with van der Waals surface area (Å²) in [6, 6.07) is 6.13. The van der Waals surface area contributed by atoms with Gasteiger partial charge in [0, 0.05) is 6.04 Å². The number of phenols is 1. The molecule has 0 bridgehead atoms. The van der Waals surface area contributed by atoms with Crippen molar-refractivity contribution in [2.24, 2.45) is 5.73 Å². The third-order valence-corrected chi connectivity index (χ3v) is 2.17. The lowest BCUT2D eigenvalue weighted by molar-refractivity contribution is -0.159. The summed E-state index contributed by atoms with van der Waals surface area (Å²) in [6.07, 6.45) is 0.122. The lowest BCUT2D eigenvalue weighted by Crippen LogP contribution is -2.17. The molecular formula is C13H17NO7. The van der Waals surface area contributed by atoms with E-state index in [2.05, 4.69) is 0 Å². The number of carboxylic acid groups (broad SMARTS) is 2. The Hall–Kier alpha value is -2.61. The second-order valence-electron chi connectivity index (χ2n) is 3.82. The number of aliphatic carboxylic acids is 2. The molecule has 0 aliphatic rings. The van der Waals surface area contributed by atoms with Crippen molar-refractivity contribution in [2.45, 2.75) is 19.4 Å². The van der Waals surface area contributed by atoms with Gasteiger partial charge in [-0.05, 0) is 24.6 Å². The molecule has 1 rings (SSSR count). The summed E-state index contributed by atoms with van der Waals surface area (Å²) < 4.78 is 4.78. The van der Waals surface area contributed by atoms with Gasteiger partial charge in [-0.3, -0.25) is 4.79 Å². The molecule has 116 valence electrons. The maximum atomic E-state index is 11.1. The number of nitrogens with two attached hydrogens (primary N) is 1. The Balaban J connectivity index is 0.000000567. The zero-order valence-corrected chi connectivity index (χ0v) is 11.4. The summed E-state index contributed by atoms with van der Waals surface area (Å²) in [5, 5.41) is 24.0. The number of aromatic hydroxyl groups is 1. The van der Waals surface area contributed by atoms with Crippen molar-refractivity contribution in [1.82, 2.24) is 0 Å². The molecule has 0 radical (unpaired) electrons. The van der Waals surface area contributed by atoms with Crippen LogP contribution in [-0.4, -0.2) is 39.8 Å². The SMILES string of the molecule is CCOC(=O)CC(N)c1cccc(O)c1.O=C(O)C(=O)O. The van der Waals surface area contributed by atoms with Gasteiger partial charge in [-0.25, -0.2) is 9.59 Å².